The molecule has 0 fully saturated rings. The SMILES string of the molecule is CC[C@@H](C(=O)N1CCc2nc[nH]c2C1)n1cccn1. The highest BCUT2D eigenvalue weighted by atomic mass is 16.2. The highest BCUT2D eigenvalue weighted by molar-refractivity contribution is 5.80. The average molecular weight is 259 g/mol. The van der Waals surface area contributed by atoms with E-state index in [1.165, 1.54) is 0 Å². The van der Waals surface area contributed by atoms with Gasteiger partial charge in [0, 0.05) is 25.4 Å². The number of fused-ring (bicyclic) bond motifs is 1. The normalized spacial score (nSPS) is 16.2. The molecule has 0 aromatic carbocycles. The number of aromatic amines is 1. The van der Waals surface area contributed by atoms with Gasteiger partial charge in [-0.2, -0.15) is 5.10 Å². The van der Waals surface area contributed by atoms with E-state index in [0.29, 0.717) is 6.54 Å². The molecule has 6 nitrogen and oxygen atoms in total. The van der Waals surface area contributed by atoms with Crippen LogP contribution in [-0.4, -0.2) is 37.1 Å². The van der Waals surface area contributed by atoms with E-state index in [2.05, 4.69) is 15.1 Å². The first kappa shape index (κ1) is 12.0. The second-order valence-electron chi connectivity index (χ2n) is 4.75. The molecule has 1 N–H and O–H groups in total. The van der Waals surface area contributed by atoms with E-state index in [1.54, 1.807) is 17.2 Å². The number of imidazole rings is 1. The maximum atomic E-state index is 12.6. The first-order valence-corrected chi connectivity index (χ1v) is 6.58. The van der Waals surface area contributed by atoms with Crippen molar-refractivity contribution in [3.05, 3.63) is 36.2 Å². The lowest BCUT2D eigenvalue weighted by atomic mass is 10.1. The van der Waals surface area contributed by atoms with E-state index in [-0.39, 0.29) is 11.9 Å². The maximum absolute atomic E-state index is 12.6. The number of carbonyl (C=O) groups excluding carboxylic acids is 1. The van der Waals surface area contributed by atoms with Crippen LogP contribution < -0.4 is 0 Å². The maximum Gasteiger partial charge on any atom is 0.247 e. The first-order chi connectivity index (χ1) is 9.29. The summed E-state index contributed by atoms with van der Waals surface area (Å²) in [5.41, 5.74) is 2.13. The summed E-state index contributed by atoms with van der Waals surface area (Å²) in [6.07, 6.45) is 6.81. The number of carbonyl (C=O) groups is 1. The van der Waals surface area contributed by atoms with Gasteiger partial charge in [0.05, 0.1) is 24.3 Å². The Balaban J connectivity index is 1.77. The van der Waals surface area contributed by atoms with Crippen LogP contribution in [0.2, 0.25) is 0 Å². The molecule has 6 heteroatoms. The van der Waals surface area contributed by atoms with Gasteiger partial charge in [0.15, 0.2) is 0 Å². The van der Waals surface area contributed by atoms with Crippen LogP contribution in [0.4, 0.5) is 0 Å². The minimum absolute atomic E-state index is 0.131. The summed E-state index contributed by atoms with van der Waals surface area (Å²) < 4.78 is 1.74. The quantitative estimate of drug-likeness (QED) is 0.899. The third-order valence-corrected chi connectivity index (χ3v) is 3.60. The molecular weight excluding hydrogens is 242 g/mol. The van der Waals surface area contributed by atoms with Gasteiger partial charge in [-0.25, -0.2) is 4.98 Å². The number of nitrogens with one attached hydrogen (secondary N) is 1. The van der Waals surface area contributed by atoms with E-state index in [4.69, 9.17) is 0 Å². The Bertz CT molecular complexity index is 559. The third-order valence-electron chi connectivity index (χ3n) is 3.60. The fourth-order valence-corrected chi connectivity index (χ4v) is 2.55. The molecule has 19 heavy (non-hydrogen) atoms. The van der Waals surface area contributed by atoms with E-state index in [9.17, 15) is 4.79 Å². The van der Waals surface area contributed by atoms with Gasteiger partial charge in [-0.15, -0.1) is 0 Å². The molecule has 0 saturated heterocycles. The monoisotopic (exact) mass is 259 g/mol. The highest BCUT2D eigenvalue weighted by Crippen LogP contribution is 2.20. The van der Waals surface area contributed by atoms with Gasteiger partial charge in [-0.3, -0.25) is 9.48 Å². The molecule has 3 rings (SSSR count). The largest absolute Gasteiger partial charge is 0.347 e. The number of hydrogen-bond acceptors (Lipinski definition) is 3. The Labute approximate surface area is 111 Å². The summed E-state index contributed by atoms with van der Waals surface area (Å²) in [5.74, 6) is 0.131. The molecule has 0 bridgehead atoms. The minimum Gasteiger partial charge on any atom is -0.347 e. The lowest BCUT2D eigenvalue weighted by molar-refractivity contribution is -0.136. The van der Waals surface area contributed by atoms with Crippen LogP contribution in [0.25, 0.3) is 0 Å². The van der Waals surface area contributed by atoms with Crippen molar-refractivity contribution in [1.29, 1.82) is 0 Å². The van der Waals surface area contributed by atoms with Crippen molar-refractivity contribution in [3.63, 3.8) is 0 Å². The summed E-state index contributed by atoms with van der Waals surface area (Å²) in [5, 5.41) is 4.19. The lowest BCUT2D eigenvalue weighted by Crippen LogP contribution is -2.40. The van der Waals surface area contributed by atoms with Gasteiger partial charge < -0.3 is 9.88 Å². The molecule has 0 unspecified atom stereocenters. The van der Waals surface area contributed by atoms with Crippen molar-refractivity contribution in [1.82, 2.24) is 24.6 Å². The molecule has 1 aliphatic rings. The van der Waals surface area contributed by atoms with Gasteiger partial charge in [0.2, 0.25) is 5.91 Å². The fourth-order valence-electron chi connectivity index (χ4n) is 2.55. The average Bonchev–Trinajstić information content (AvgIpc) is 3.09. The van der Waals surface area contributed by atoms with Crippen molar-refractivity contribution in [2.24, 2.45) is 0 Å². The van der Waals surface area contributed by atoms with Gasteiger partial charge >= 0.3 is 0 Å². The molecule has 1 aliphatic heterocycles. The second-order valence-corrected chi connectivity index (χ2v) is 4.75. The summed E-state index contributed by atoms with van der Waals surface area (Å²) in [6, 6.07) is 1.64. The molecule has 3 heterocycles. The Morgan fingerprint density at radius 1 is 1.58 bits per heavy atom. The minimum atomic E-state index is -0.209. The number of aromatic nitrogens is 4. The smallest absolute Gasteiger partial charge is 0.247 e. The van der Waals surface area contributed by atoms with E-state index < -0.39 is 0 Å². The van der Waals surface area contributed by atoms with Crippen molar-refractivity contribution < 1.29 is 4.79 Å². The Hall–Kier alpha value is -2.11. The van der Waals surface area contributed by atoms with Gasteiger partial charge in [-0.1, -0.05) is 6.92 Å². The predicted octanol–water partition coefficient (Wildman–Crippen LogP) is 1.14. The molecule has 1 atom stereocenters. The Kier molecular flexibility index (Phi) is 3.06. The van der Waals surface area contributed by atoms with Crippen LogP contribution in [0.3, 0.4) is 0 Å². The van der Waals surface area contributed by atoms with Gasteiger partial charge in [0.1, 0.15) is 6.04 Å². The van der Waals surface area contributed by atoms with Crippen molar-refractivity contribution in [2.75, 3.05) is 6.54 Å². The number of amides is 1. The van der Waals surface area contributed by atoms with E-state index in [1.807, 2.05) is 24.1 Å². The van der Waals surface area contributed by atoms with Crippen LogP contribution in [0, 0.1) is 0 Å². The number of nitrogens with zero attached hydrogens (tertiary/aromatic N) is 4. The molecule has 0 aliphatic carbocycles. The molecule has 1 amide bonds. The summed E-state index contributed by atoms with van der Waals surface area (Å²) >= 11 is 0. The number of rotatable bonds is 3. The zero-order valence-corrected chi connectivity index (χ0v) is 10.9. The second kappa shape index (κ2) is 4.87. The van der Waals surface area contributed by atoms with E-state index in [0.717, 1.165) is 30.8 Å². The lowest BCUT2D eigenvalue weighted by Gasteiger charge is -2.29. The van der Waals surface area contributed by atoms with Crippen LogP contribution >= 0.6 is 0 Å². The molecule has 100 valence electrons. The summed E-state index contributed by atoms with van der Waals surface area (Å²) in [7, 11) is 0. The Morgan fingerprint density at radius 3 is 3.21 bits per heavy atom. The van der Waals surface area contributed by atoms with Crippen molar-refractivity contribution in [3.8, 4) is 0 Å². The molecular formula is C13H17N5O. The summed E-state index contributed by atoms with van der Waals surface area (Å²) in [4.78, 5) is 21.8. The number of hydrogen-bond donors (Lipinski definition) is 1. The van der Waals surface area contributed by atoms with Crippen LogP contribution in [-0.2, 0) is 17.8 Å². The molecule has 2 aromatic heterocycles. The van der Waals surface area contributed by atoms with Gasteiger partial charge in [-0.05, 0) is 12.5 Å². The third kappa shape index (κ3) is 2.14. The summed E-state index contributed by atoms with van der Waals surface area (Å²) in [6.45, 7) is 3.36. The van der Waals surface area contributed by atoms with Crippen LogP contribution in [0.15, 0.2) is 24.8 Å². The van der Waals surface area contributed by atoms with Crippen LogP contribution in [0.5, 0.6) is 0 Å². The zero-order valence-electron chi connectivity index (χ0n) is 10.9. The number of H-pyrrole nitrogens is 1. The fraction of sp³-hybridized carbons (Fsp3) is 0.462. The van der Waals surface area contributed by atoms with Crippen molar-refractivity contribution in [2.45, 2.75) is 32.4 Å². The topological polar surface area (TPSA) is 66.8 Å². The van der Waals surface area contributed by atoms with Crippen LogP contribution in [0.1, 0.15) is 30.8 Å². The van der Waals surface area contributed by atoms with Gasteiger partial charge in [0.25, 0.3) is 0 Å². The Morgan fingerprint density at radius 2 is 2.47 bits per heavy atom. The first-order valence-electron chi connectivity index (χ1n) is 6.58. The highest BCUT2D eigenvalue weighted by Gasteiger charge is 2.28. The van der Waals surface area contributed by atoms with E-state index >= 15 is 0 Å². The molecule has 0 saturated carbocycles. The molecule has 0 radical (unpaired) electrons. The molecule has 2 aromatic rings. The predicted molar refractivity (Wildman–Crippen MR) is 69.3 cm³/mol. The zero-order chi connectivity index (χ0) is 13.2. The standard InChI is InChI=1S/C13H17N5O/c1-2-12(18-6-3-5-16-18)13(19)17-7-4-10-11(8-17)15-9-14-10/h3,5-6,9,12H,2,4,7-8H2,1H3,(H,14,15)/t12-/m0/s1. The van der Waals surface area contributed by atoms with Crippen molar-refractivity contribution >= 4 is 5.91 Å². The molecule has 0 spiro atoms.